The van der Waals surface area contributed by atoms with Gasteiger partial charge in [-0.25, -0.2) is 4.68 Å². The fraction of sp³-hybridized carbons (Fsp3) is 0.522. The summed E-state index contributed by atoms with van der Waals surface area (Å²) >= 11 is 0. The molecule has 2 amide bonds. The number of carbonyl (C=O) groups is 2. The van der Waals surface area contributed by atoms with Crippen molar-refractivity contribution in [1.82, 2.24) is 20.0 Å². The molecule has 30 heavy (non-hydrogen) atoms. The summed E-state index contributed by atoms with van der Waals surface area (Å²) in [7, 11) is 0. The van der Waals surface area contributed by atoms with Crippen molar-refractivity contribution in [3.05, 3.63) is 47.8 Å². The van der Waals surface area contributed by atoms with Crippen LogP contribution in [0.4, 0.5) is 0 Å². The number of amides is 2. The SMILES string of the molecule is Cc1nn(-c2ccccc2)cc1C(=O)N1CCC(CC(=O)NC[C@@H]2CCCO2)CC1. The van der Waals surface area contributed by atoms with E-state index in [-0.39, 0.29) is 17.9 Å². The smallest absolute Gasteiger partial charge is 0.257 e. The molecular formula is C23H30N4O3. The molecule has 0 aliphatic carbocycles. The Kier molecular flexibility index (Phi) is 6.47. The van der Waals surface area contributed by atoms with Gasteiger partial charge in [-0.05, 0) is 50.7 Å². The highest BCUT2D eigenvalue weighted by Gasteiger charge is 2.27. The van der Waals surface area contributed by atoms with Crippen molar-refractivity contribution in [2.24, 2.45) is 5.92 Å². The van der Waals surface area contributed by atoms with Crippen molar-refractivity contribution >= 4 is 11.8 Å². The van der Waals surface area contributed by atoms with Crippen LogP contribution in [0.5, 0.6) is 0 Å². The minimum absolute atomic E-state index is 0.0240. The van der Waals surface area contributed by atoms with Gasteiger partial charge in [-0.15, -0.1) is 0 Å². The number of carbonyl (C=O) groups excluding carboxylic acids is 2. The summed E-state index contributed by atoms with van der Waals surface area (Å²) < 4.78 is 7.31. The highest BCUT2D eigenvalue weighted by molar-refractivity contribution is 5.95. The number of likely N-dealkylation sites (tertiary alicyclic amines) is 1. The van der Waals surface area contributed by atoms with Crippen LogP contribution in [0.1, 0.15) is 48.2 Å². The number of aromatic nitrogens is 2. The van der Waals surface area contributed by atoms with Crippen LogP contribution < -0.4 is 5.32 Å². The van der Waals surface area contributed by atoms with Crippen LogP contribution in [-0.2, 0) is 9.53 Å². The Hall–Kier alpha value is -2.67. The van der Waals surface area contributed by atoms with E-state index in [1.807, 2.05) is 48.4 Å². The molecule has 1 aromatic carbocycles. The second kappa shape index (κ2) is 9.43. The summed E-state index contributed by atoms with van der Waals surface area (Å²) in [6.07, 6.45) is 6.33. The molecule has 3 heterocycles. The van der Waals surface area contributed by atoms with Gasteiger partial charge in [0.2, 0.25) is 5.91 Å². The summed E-state index contributed by atoms with van der Waals surface area (Å²) in [6, 6.07) is 9.80. The van der Waals surface area contributed by atoms with Crippen molar-refractivity contribution < 1.29 is 14.3 Å². The summed E-state index contributed by atoms with van der Waals surface area (Å²) in [5.41, 5.74) is 2.32. The number of rotatable bonds is 6. The molecule has 2 fully saturated rings. The van der Waals surface area contributed by atoms with Crippen LogP contribution >= 0.6 is 0 Å². The summed E-state index contributed by atoms with van der Waals surface area (Å²) in [5, 5.41) is 7.51. The lowest BCUT2D eigenvalue weighted by atomic mass is 9.93. The van der Waals surface area contributed by atoms with Crippen molar-refractivity contribution in [1.29, 1.82) is 0 Å². The Morgan fingerprint density at radius 1 is 1.17 bits per heavy atom. The third-order valence-electron chi connectivity index (χ3n) is 6.08. The van der Waals surface area contributed by atoms with Crippen LogP contribution in [0, 0.1) is 12.8 Å². The van der Waals surface area contributed by atoms with Crippen LogP contribution in [0.3, 0.4) is 0 Å². The lowest BCUT2D eigenvalue weighted by Gasteiger charge is -2.31. The zero-order chi connectivity index (χ0) is 20.9. The van der Waals surface area contributed by atoms with Gasteiger partial charge in [0.1, 0.15) is 0 Å². The molecule has 0 saturated carbocycles. The monoisotopic (exact) mass is 410 g/mol. The number of nitrogens with one attached hydrogen (secondary N) is 1. The van der Waals surface area contributed by atoms with E-state index in [1.165, 1.54) is 0 Å². The second-order valence-corrected chi connectivity index (χ2v) is 8.29. The summed E-state index contributed by atoms with van der Waals surface area (Å²) in [6.45, 7) is 4.65. The maximum Gasteiger partial charge on any atom is 0.257 e. The average Bonchev–Trinajstić information content (AvgIpc) is 3.43. The van der Waals surface area contributed by atoms with E-state index in [2.05, 4.69) is 10.4 Å². The van der Waals surface area contributed by atoms with Crippen molar-refractivity contribution in [3.8, 4) is 5.69 Å². The molecule has 2 aliphatic heterocycles. The number of ether oxygens (including phenoxy) is 1. The normalized spacial score (nSPS) is 19.8. The highest BCUT2D eigenvalue weighted by Crippen LogP contribution is 2.23. The topological polar surface area (TPSA) is 76.5 Å². The van der Waals surface area contributed by atoms with E-state index in [0.717, 1.165) is 43.7 Å². The van der Waals surface area contributed by atoms with Crippen molar-refractivity contribution in [3.63, 3.8) is 0 Å². The molecule has 2 aliphatic rings. The van der Waals surface area contributed by atoms with Crippen molar-refractivity contribution in [2.75, 3.05) is 26.2 Å². The third kappa shape index (κ3) is 4.90. The van der Waals surface area contributed by atoms with Gasteiger partial charge in [0, 0.05) is 38.9 Å². The zero-order valence-electron chi connectivity index (χ0n) is 17.5. The predicted octanol–water partition coefficient (Wildman–Crippen LogP) is 2.72. The zero-order valence-corrected chi connectivity index (χ0v) is 17.5. The molecule has 4 rings (SSSR count). The van der Waals surface area contributed by atoms with Gasteiger partial charge >= 0.3 is 0 Å². The van der Waals surface area contributed by atoms with Crippen LogP contribution in [0.25, 0.3) is 5.69 Å². The molecule has 7 nitrogen and oxygen atoms in total. The second-order valence-electron chi connectivity index (χ2n) is 8.29. The first-order valence-corrected chi connectivity index (χ1v) is 10.9. The fourth-order valence-corrected chi connectivity index (χ4v) is 4.26. The lowest BCUT2D eigenvalue weighted by Crippen LogP contribution is -2.40. The number of hydrogen-bond acceptors (Lipinski definition) is 4. The molecule has 0 bridgehead atoms. The quantitative estimate of drug-likeness (QED) is 0.794. The molecule has 1 N–H and O–H groups in total. The fourth-order valence-electron chi connectivity index (χ4n) is 4.26. The minimum Gasteiger partial charge on any atom is -0.376 e. The maximum atomic E-state index is 13.0. The standard InChI is InChI=1S/C23H30N4O3/c1-17-21(16-27(25-17)19-6-3-2-4-7-19)23(29)26-11-9-18(10-12-26)14-22(28)24-15-20-8-5-13-30-20/h2-4,6-7,16,18,20H,5,8-15H2,1H3,(H,24,28)/t20-/m0/s1. The van der Waals surface area contributed by atoms with Crippen molar-refractivity contribution in [2.45, 2.75) is 45.1 Å². The largest absolute Gasteiger partial charge is 0.376 e. The molecule has 1 aromatic heterocycles. The van der Waals surface area contributed by atoms with Gasteiger partial charge in [0.15, 0.2) is 0 Å². The maximum absolute atomic E-state index is 13.0. The number of benzene rings is 1. The lowest BCUT2D eigenvalue weighted by molar-refractivity contribution is -0.122. The summed E-state index contributed by atoms with van der Waals surface area (Å²) in [5.74, 6) is 0.443. The van der Waals surface area contributed by atoms with Gasteiger partial charge < -0.3 is 15.0 Å². The predicted molar refractivity (Wildman–Crippen MR) is 114 cm³/mol. The summed E-state index contributed by atoms with van der Waals surface area (Å²) in [4.78, 5) is 27.1. The van der Waals surface area contributed by atoms with E-state index < -0.39 is 0 Å². The van der Waals surface area contributed by atoms with E-state index in [4.69, 9.17) is 4.74 Å². The van der Waals surface area contributed by atoms with Gasteiger partial charge in [-0.1, -0.05) is 18.2 Å². The Labute approximate surface area is 177 Å². The van der Waals surface area contributed by atoms with E-state index >= 15 is 0 Å². The first-order valence-electron chi connectivity index (χ1n) is 10.9. The van der Waals surface area contributed by atoms with Gasteiger partial charge in [0.05, 0.1) is 23.0 Å². The van der Waals surface area contributed by atoms with E-state index in [9.17, 15) is 9.59 Å². The highest BCUT2D eigenvalue weighted by atomic mass is 16.5. The first kappa shape index (κ1) is 20.6. The molecule has 7 heteroatoms. The average molecular weight is 411 g/mol. The Morgan fingerprint density at radius 2 is 1.93 bits per heavy atom. The Balaban J connectivity index is 1.27. The first-order chi connectivity index (χ1) is 14.6. The Bertz CT molecular complexity index is 866. The molecule has 1 atom stereocenters. The molecule has 0 radical (unpaired) electrons. The molecule has 0 spiro atoms. The Morgan fingerprint density at radius 3 is 2.63 bits per heavy atom. The number of nitrogens with zero attached hydrogens (tertiary/aromatic N) is 3. The van der Waals surface area contributed by atoms with Crippen LogP contribution in [-0.4, -0.2) is 58.8 Å². The van der Waals surface area contributed by atoms with E-state index in [1.54, 1.807) is 4.68 Å². The molecule has 2 saturated heterocycles. The van der Waals surface area contributed by atoms with E-state index in [0.29, 0.717) is 37.5 Å². The molecule has 160 valence electrons. The number of para-hydroxylation sites is 1. The number of aryl methyl sites for hydroxylation is 1. The minimum atomic E-state index is 0.0240. The number of hydrogen-bond donors (Lipinski definition) is 1. The van der Waals surface area contributed by atoms with Crippen LogP contribution in [0.2, 0.25) is 0 Å². The molecule has 0 unspecified atom stereocenters. The van der Waals surface area contributed by atoms with Gasteiger partial charge in [0.25, 0.3) is 5.91 Å². The molecular weight excluding hydrogens is 380 g/mol. The molecule has 2 aromatic rings. The van der Waals surface area contributed by atoms with Gasteiger partial charge in [-0.3, -0.25) is 9.59 Å². The van der Waals surface area contributed by atoms with Crippen LogP contribution in [0.15, 0.2) is 36.5 Å². The van der Waals surface area contributed by atoms with Gasteiger partial charge in [-0.2, -0.15) is 5.10 Å². The third-order valence-corrected chi connectivity index (χ3v) is 6.08. The number of piperidine rings is 1.